The summed E-state index contributed by atoms with van der Waals surface area (Å²) in [6, 6.07) is 4.73. The van der Waals surface area contributed by atoms with E-state index in [1.165, 1.54) is 13.2 Å². The Balaban J connectivity index is 2.62. The van der Waals surface area contributed by atoms with E-state index in [0.29, 0.717) is 31.2 Å². The molecule has 0 aromatic heterocycles. The Labute approximate surface area is 170 Å². The van der Waals surface area contributed by atoms with Gasteiger partial charge in [0.2, 0.25) is 0 Å². The minimum Gasteiger partial charge on any atom is -0.493 e. The molecule has 0 fully saturated rings. The SMILES string of the molecule is CCNC(=NCc1ccc(OC)c(OC(F)F)c1)NCCNC(=O)OC(C)(C)C. The number of hydrogen-bond acceptors (Lipinski definition) is 5. The summed E-state index contributed by atoms with van der Waals surface area (Å²) in [5.41, 5.74) is 0.115. The van der Waals surface area contributed by atoms with Gasteiger partial charge in [0.1, 0.15) is 5.60 Å². The smallest absolute Gasteiger partial charge is 0.407 e. The number of nitrogens with one attached hydrogen (secondary N) is 3. The van der Waals surface area contributed by atoms with Gasteiger partial charge in [-0.1, -0.05) is 6.07 Å². The van der Waals surface area contributed by atoms with Crippen LogP contribution in [0.5, 0.6) is 11.5 Å². The second kappa shape index (κ2) is 11.9. The normalized spacial score (nSPS) is 11.8. The molecule has 0 spiro atoms. The number of guanidine groups is 1. The molecule has 3 N–H and O–H groups in total. The lowest BCUT2D eigenvalue weighted by molar-refractivity contribution is -0.0512. The van der Waals surface area contributed by atoms with Crippen molar-refractivity contribution in [2.45, 2.75) is 46.5 Å². The maximum atomic E-state index is 12.5. The molecular weight excluding hydrogens is 386 g/mol. The van der Waals surface area contributed by atoms with Crippen LogP contribution in [0.1, 0.15) is 33.3 Å². The van der Waals surface area contributed by atoms with Crippen molar-refractivity contribution in [3.05, 3.63) is 23.8 Å². The molecule has 164 valence electrons. The summed E-state index contributed by atoms with van der Waals surface area (Å²) in [4.78, 5) is 16.0. The molecule has 0 aliphatic rings. The number of aliphatic imine (C=N–C) groups is 1. The van der Waals surface area contributed by atoms with Crippen molar-refractivity contribution in [1.29, 1.82) is 0 Å². The van der Waals surface area contributed by atoms with E-state index in [1.807, 2.05) is 6.92 Å². The van der Waals surface area contributed by atoms with Crippen LogP contribution in [0.4, 0.5) is 13.6 Å². The summed E-state index contributed by atoms with van der Waals surface area (Å²) in [5.74, 6) is 0.691. The van der Waals surface area contributed by atoms with Crippen LogP contribution in [0.3, 0.4) is 0 Å². The number of alkyl carbamates (subject to hydrolysis) is 1. The van der Waals surface area contributed by atoms with Gasteiger partial charge in [-0.25, -0.2) is 9.79 Å². The Morgan fingerprint density at radius 2 is 1.83 bits per heavy atom. The third-order valence-electron chi connectivity index (χ3n) is 3.29. The number of hydrogen-bond donors (Lipinski definition) is 3. The summed E-state index contributed by atoms with van der Waals surface area (Å²) in [6.07, 6.45) is -0.494. The van der Waals surface area contributed by atoms with Gasteiger partial charge in [0.15, 0.2) is 17.5 Å². The molecule has 10 heteroatoms. The maximum absolute atomic E-state index is 12.5. The van der Waals surface area contributed by atoms with Crippen molar-refractivity contribution in [2.75, 3.05) is 26.7 Å². The molecule has 0 heterocycles. The van der Waals surface area contributed by atoms with Crippen molar-refractivity contribution >= 4 is 12.1 Å². The van der Waals surface area contributed by atoms with Gasteiger partial charge in [0, 0.05) is 19.6 Å². The average Bonchev–Trinajstić information content (AvgIpc) is 2.61. The first kappa shape index (κ1) is 24.3. The predicted molar refractivity (Wildman–Crippen MR) is 107 cm³/mol. The highest BCUT2D eigenvalue weighted by atomic mass is 19.3. The van der Waals surface area contributed by atoms with Crippen LogP contribution < -0.4 is 25.4 Å². The van der Waals surface area contributed by atoms with Crippen LogP contribution in [0, 0.1) is 0 Å². The molecule has 1 aromatic carbocycles. The second-order valence-electron chi connectivity index (χ2n) is 6.91. The first-order valence-corrected chi connectivity index (χ1v) is 9.25. The van der Waals surface area contributed by atoms with E-state index in [-0.39, 0.29) is 18.0 Å². The molecule has 0 aliphatic heterocycles. The Kier molecular flexibility index (Phi) is 9.98. The number of benzene rings is 1. The molecule has 1 aromatic rings. The third-order valence-corrected chi connectivity index (χ3v) is 3.29. The number of halogens is 2. The average molecular weight is 416 g/mol. The van der Waals surface area contributed by atoms with E-state index >= 15 is 0 Å². The summed E-state index contributed by atoms with van der Waals surface area (Å²) in [6.45, 7) is 5.97. The van der Waals surface area contributed by atoms with Crippen LogP contribution in [-0.2, 0) is 11.3 Å². The zero-order chi connectivity index (χ0) is 21.9. The number of alkyl halides is 2. The highest BCUT2D eigenvalue weighted by Gasteiger charge is 2.15. The Morgan fingerprint density at radius 1 is 1.14 bits per heavy atom. The Bertz CT molecular complexity index is 679. The quantitative estimate of drug-likeness (QED) is 0.326. The molecule has 8 nitrogen and oxygen atoms in total. The van der Waals surface area contributed by atoms with Gasteiger partial charge in [0.05, 0.1) is 13.7 Å². The number of amides is 1. The van der Waals surface area contributed by atoms with E-state index in [2.05, 4.69) is 25.7 Å². The fourth-order valence-electron chi connectivity index (χ4n) is 2.18. The fraction of sp³-hybridized carbons (Fsp3) is 0.579. The molecule has 0 radical (unpaired) electrons. The lowest BCUT2D eigenvalue weighted by Crippen LogP contribution is -2.42. The van der Waals surface area contributed by atoms with E-state index in [9.17, 15) is 13.6 Å². The third kappa shape index (κ3) is 10.4. The van der Waals surface area contributed by atoms with Gasteiger partial charge in [0.25, 0.3) is 0 Å². The first-order valence-electron chi connectivity index (χ1n) is 9.25. The van der Waals surface area contributed by atoms with Gasteiger partial charge in [-0.2, -0.15) is 8.78 Å². The highest BCUT2D eigenvalue weighted by Crippen LogP contribution is 2.29. The summed E-state index contributed by atoms with van der Waals surface area (Å²) in [5, 5.41) is 8.78. The monoisotopic (exact) mass is 416 g/mol. The minimum absolute atomic E-state index is 0.0466. The van der Waals surface area contributed by atoms with Gasteiger partial charge < -0.3 is 30.2 Å². The zero-order valence-electron chi connectivity index (χ0n) is 17.5. The van der Waals surface area contributed by atoms with Crippen LogP contribution in [-0.4, -0.2) is 51.0 Å². The molecule has 0 aliphatic carbocycles. The number of rotatable bonds is 9. The van der Waals surface area contributed by atoms with Gasteiger partial charge in [-0.15, -0.1) is 0 Å². The molecule has 0 atom stereocenters. The largest absolute Gasteiger partial charge is 0.493 e. The lowest BCUT2D eigenvalue weighted by atomic mass is 10.2. The van der Waals surface area contributed by atoms with E-state index in [4.69, 9.17) is 9.47 Å². The molecule has 1 amide bonds. The van der Waals surface area contributed by atoms with Crippen LogP contribution in [0.25, 0.3) is 0 Å². The summed E-state index contributed by atoms with van der Waals surface area (Å²) in [7, 11) is 1.38. The standard InChI is InChI=1S/C19H30F2N4O4/c1-6-22-17(23-9-10-24-18(26)29-19(2,3)4)25-12-13-7-8-14(27-5)15(11-13)28-16(20)21/h7-8,11,16H,6,9-10,12H2,1-5H3,(H,24,26)(H2,22,23,25). The summed E-state index contributed by atoms with van der Waals surface area (Å²) >= 11 is 0. The minimum atomic E-state index is -2.95. The van der Waals surface area contributed by atoms with E-state index in [1.54, 1.807) is 32.9 Å². The van der Waals surface area contributed by atoms with E-state index < -0.39 is 18.3 Å². The maximum Gasteiger partial charge on any atom is 0.407 e. The molecule has 1 rings (SSSR count). The van der Waals surface area contributed by atoms with E-state index in [0.717, 1.165) is 0 Å². The Hall–Kier alpha value is -2.78. The van der Waals surface area contributed by atoms with Crippen molar-refractivity contribution < 1.29 is 27.8 Å². The molecule has 0 bridgehead atoms. The van der Waals surface area contributed by atoms with Gasteiger partial charge in [-0.05, 0) is 45.4 Å². The van der Waals surface area contributed by atoms with Crippen molar-refractivity contribution in [3.8, 4) is 11.5 Å². The Morgan fingerprint density at radius 3 is 2.41 bits per heavy atom. The zero-order valence-corrected chi connectivity index (χ0v) is 17.5. The molecule has 0 unspecified atom stereocenters. The van der Waals surface area contributed by atoms with Crippen molar-refractivity contribution in [3.63, 3.8) is 0 Å². The topological polar surface area (TPSA) is 93.2 Å². The lowest BCUT2D eigenvalue weighted by Gasteiger charge is -2.20. The number of methoxy groups -OCH3 is 1. The second-order valence-corrected chi connectivity index (χ2v) is 6.91. The molecule has 0 saturated carbocycles. The van der Waals surface area contributed by atoms with Gasteiger partial charge in [-0.3, -0.25) is 0 Å². The van der Waals surface area contributed by atoms with Crippen LogP contribution in [0.15, 0.2) is 23.2 Å². The fourth-order valence-corrected chi connectivity index (χ4v) is 2.18. The van der Waals surface area contributed by atoms with Crippen LogP contribution >= 0.6 is 0 Å². The number of carbonyl (C=O) groups is 1. The van der Waals surface area contributed by atoms with Crippen molar-refractivity contribution in [1.82, 2.24) is 16.0 Å². The summed E-state index contributed by atoms with van der Waals surface area (Å²) < 4.78 is 39.7. The van der Waals surface area contributed by atoms with Crippen molar-refractivity contribution in [2.24, 2.45) is 4.99 Å². The molecule has 0 saturated heterocycles. The van der Waals surface area contributed by atoms with Crippen LogP contribution in [0.2, 0.25) is 0 Å². The number of carbonyl (C=O) groups excluding carboxylic acids is 1. The molecule has 29 heavy (non-hydrogen) atoms. The first-order chi connectivity index (χ1) is 13.6. The van der Waals surface area contributed by atoms with Gasteiger partial charge >= 0.3 is 12.7 Å². The molecular formula is C19H30F2N4O4. The number of ether oxygens (including phenoxy) is 3. The predicted octanol–water partition coefficient (Wildman–Crippen LogP) is 2.88. The number of nitrogens with zero attached hydrogens (tertiary/aromatic N) is 1. The highest BCUT2D eigenvalue weighted by molar-refractivity contribution is 5.79.